The van der Waals surface area contributed by atoms with Gasteiger partial charge in [0.25, 0.3) is 10.1 Å². The van der Waals surface area contributed by atoms with Gasteiger partial charge in [-0.25, -0.2) is 0 Å². The molecule has 20 heavy (non-hydrogen) atoms. The fraction of sp³-hybridized carbons (Fsp3) is 0.929. The minimum absolute atomic E-state index is 0.222. The van der Waals surface area contributed by atoms with Crippen LogP contribution < -0.4 is 0 Å². The van der Waals surface area contributed by atoms with E-state index in [2.05, 4.69) is 0 Å². The summed E-state index contributed by atoms with van der Waals surface area (Å²) in [6.45, 7) is -0.231. The van der Waals surface area contributed by atoms with Crippen molar-refractivity contribution in [2.24, 2.45) is 28.6 Å². The molecule has 0 radical (unpaired) electrons. The van der Waals surface area contributed by atoms with Gasteiger partial charge < -0.3 is 4.74 Å². The van der Waals surface area contributed by atoms with Gasteiger partial charge >= 0.3 is 5.97 Å². The largest absolute Gasteiger partial charge is 0.464 e. The van der Waals surface area contributed by atoms with Crippen molar-refractivity contribution in [2.45, 2.75) is 38.5 Å². The fourth-order valence-electron chi connectivity index (χ4n) is 5.99. The normalized spacial score (nSPS) is 48.0. The zero-order valence-electron chi connectivity index (χ0n) is 11.4. The zero-order chi connectivity index (χ0) is 14.2. The molecule has 6 heteroatoms. The Labute approximate surface area is 118 Å². The molecule has 4 aliphatic rings. The first kappa shape index (κ1) is 13.1. The molecule has 0 saturated heterocycles. The number of ether oxygens (including phenoxy) is 1. The van der Waals surface area contributed by atoms with Gasteiger partial charge in [0.2, 0.25) is 0 Å². The van der Waals surface area contributed by atoms with Crippen molar-refractivity contribution in [3.8, 4) is 0 Å². The van der Waals surface area contributed by atoms with E-state index in [9.17, 15) is 13.2 Å². The maximum absolute atomic E-state index is 12.4. The van der Waals surface area contributed by atoms with Gasteiger partial charge in [-0.05, 0) is 61.7 Å². The summed E-state index contributed by atoms with van der Waals surface area (Å²) in [6.07, 6.45) is 6.66. The molecule has 0 amide bonds. The van der Waals surface area contributed by atoms with Gasteiger partial charge in [0.1, 0.15) is 12.4 Å². The van der Waals surface area contributed by atoms with Crippen LogP contribution in [0.25, 0.3) is 0 Å². The number of fused-ring (bicyclic) bond motifs is 2. The summed E-state index contributed by atoms with van der Waals surface area (Å²) in [7, 11) is -4.06. The van der Waals surface area contributed by atoms with Gasteiger partial charge in [-0.2, -0.15) is 8.42 Å². The molecule has 5 unspecified atom stereocenters. The van der Waals surface area contributed by atoms with Gasteiger partial charge in [0.05, 0.1) is 5.41 Å². The molecule has 1 spiro atoms. The van der Waals surface area contributed by atoms with Crippen molar-refractivity contribution < 1.29 is 22.5 Å². The van der Waals surface area contributed by atoms with Crippen LogP contribution in [-0.2, 0) is 19.6 Å². The lowest BCUT2D eigenvalue weighted by molar-refractivity contribution is -0.157. The van der Waals surface area contributed by atoms with Gasteiger partial charge in [0, 0.05) is 0 Å². The highest BCUT2D eigenvalue weighted by atomic mass is 32.2. The van der Waals surface area contributed by atoms with Gasteiger partial charge in [-0.15, -0.1) is 0 Å². The van der Waals surface area contributed by atoms with E-state index in [0.717, 1.165) is 25.2 Å². The molecule has 4 aliphatic carbocycles. The van der Waals surface area contributed by atoms with E-state index in [4.69, 9.17) is 9.29 Å². The summed E-state index contributed by atoms with van der Waals surface area (Å²) in [4.78, 5) is 12.4. The average molecular weight is 300 g/mol. The van der Waals surface area contributed by atoms with Crippen LogP contribution in [0.15, 0.2) is 0 Å². The topological polar surface area (TPSA) is 80.7 Å². The Bertz CT molecular complexity index is 566. The maximum atomic E-state index is 12.4. The van der Waals surface area contributed by atoms with Crippen molar-refractivity contribution in [1.82, 2.24) is 0 Å². The summed E-state index contributed by atoms with van der Waals surface area (Å²) < 4.78 is 35.2. The molecule has 4 saturated carbocycles. The van der Waals surface area contributed by atoms with Gasteiger partial charge in [-0.3, -0.25) is 9.35 Å². The lowest BCUT2D eigenvalue weighted by Crippen LogP contribution is -2.42. The summed E-state index contributed by atoms with van der Waals surface area (Å²) in [6, 6.07) is 0. The summed E-state index contributed by atoms with van der Waals surface area (Å²) in [5.74, 6) is 1.45. The molecule has 1 N–H and O–H groups in total. The van der Waals surface area contributed by atoms with Crippen molar-refractivity contribution in [2.75, 3.05) is 12.4 Å². The Morgan fingerprint density at radius 3 is 2.75 bits per heavy atom. The number of hydrogen-bond acceptors (Lipinski definition) is 4. The molecule has 0 aromatic heterocycles. The molecule has 0 heterocycles. The lowest BCUT2D eigenvalue weighted by atomic mass is 9.55. The van der Waals surface area contributed by atoms with Crippen LogP contribution in [0, 0.1) is 28.6 Å². The zero-order valence-corrected chi connectivity index (χ0v) is 12.2. The third-order valence-corrected chi connectivity index (χ3v) is 7.16. The number of esters is 1. The fourth-order valence-corrected chi connectivity index (χ4v) is 6.28. The summed E-state index contributed by atoms with van der Waals surface area (Å²) in [5.41, 5.74) is 0.0725. The monoisotopic (exact) mass is 300 g/mol. The van der Waals surface area contributed by atoms with Crippen molar-refractivity contribution in [3.05, 3.63) is 0 Å². The highest BCUT2D eigenvalue weighted by molar-refractivity contribution is 7.85. The van der Waals surface area contributed by atoms with Crippen LogP contribution in [0.5, 0.6) is 0 Å². The Morgan fingerprint density at radius 2 is 2.00 bits per heavy atom. The van der Waals surface area contributed by atoms with Crippen molar-refractivity contribution in [3.63, 3.8) is 0 Å². The van der Waals surface area contributed by atoms with Crippen LogP contribution in [0.2, 0.25) is 0 Å². The minimum Gasteiger partial charge on any atom is -0.464 e. The second-order valence-corrected chi connectivity index (χ2v) is 9.03. The van der Waals surface area contributed by atoms with E-state index in [1.54, 1.807) is 0 Å². The molecule has 5 nitrogen and oxygen atoms in total. The third kappa shape index (κ3) is 1.64. The van der Waals surface area contributed by atoms with E-state index in [1.165, 1.54) is 19.3 Å². The van der Waals surface area contributed by atoms with Crippen LogP contribution >= 0.6 is 0 Å². The van der Waals surface area contributed by atoms with E-state index >= 15 is 0 Å². The van der Waals surface area contributed by atoms with Crippen molar-refractivity contribution >= 4 is 16.1 Å². The van der Waals surface area contributed by atoms with Crippen LogP contribution in [0.1, 0.15) is 38.5 Å². The highest BCUT2D eigenvalue weighted by Crippen LogP contribution is 2.78. The minimum atomic E-state index is -4.06. The molecule has 0 aromatic rings. The second-order valence-electron chi connectivity index (χ2n) is 7.46. The number of hydrogen-bond donors (Lipinski definition) is 1. The second kappa shape index (κ2) is 3.77. The molecule has 112 valence electrons. The highest BCUT2D eigenvalue weighted by Gasteiger charge is 2.72. The Hall–Kier alpha value is -0.620. The van der Waals surface area contributed by atoms with Crippen LogP contribution in [0.4, 0.5) is 0 Å². The van der Waals surface area contributed by atoms with E-state index < -0.39 is 15.9 Å². The lowest BCUT2D eigenvalue weighted by Gasteiger charge is -2.49. The molecular formula is C14H20O5S. The predicted molar refractivity (Wildman–Crippen MR) is 70.4 cm³/mol. The summed E-state index contributed by atoms with van der Waals surface area (Å²) >= 11 is 0. The average Bonchev–Trinajstić information content (AvgIpc) is 2.64. The Balaban J connectivity index is 1.48. The molecular weight excluding hydrogens is 280 g/mol. The van der Waals surface area contributed by atoms with Gasteiger partial charge in [0.15, 0.2) is 0 Å². The molecule has 5 atom stereocenters. The van der Waals surface area contributed by atoms with E-state index in [0.29, 0.717) is 17.3 Å². The molecule has 4 rings (SSSR count). The first-order chi connectivity index (χ1) is 9.33. The summed E-state index contributed by atoms with van der Waals surface area (Å²) in [5, 5.41) is 0. The Morgan fingerprint density at radius 1 is 1.20 bits per heavy atom. The Kier molecular flexibility index (Phi) is 2.46. The van der Waals surface area contributed by atoms with Crippen LogP contribution in [0.3, 0.4) is 0 Å². The first-order valence-corrected chi connectivity index (χ1v) is 9.06. The van der Waals surface area contributed by atoms with Gasteiger partial charge in [-0.1, -0.05) is 0 Å². The number of carbonyl (C=O) groups is 1. The molecule has 3 bridgehead atoms. The SMILES string of the molecule is O=C(OCCS(=O)(=O)O)C12CC3CC4CC(C1)C4(C3)C2. The van der Waals surface area contributed by atoms with Crippen molar-refractivity contribution in [1.29, 1.82) is 0 Å². The quantitative estimate of drug-likeness (QED) is 0.630. The first-order valence-electron chi connectivity index (χ1n) is 7.45. The predicted octanol–water partition coefficient (Wildman–Crippen LogP) is 1.63. The molecule has 0 aromatic carbocycles. The number of rotatable bonds is 4. The van der Waals surface area contributed by atoms with Crippen LogP contribution in [-0.4, -0.2) is 31.3 Å². The standard InChI is InChI=1S/C14H20O5S/c15-12(19-1-2-20(16,17)18)13-5-9-3-10-4-11(7-13)14(10,6-9)8-13/h9-11H,1-8H2,(H,16,17,18). The van der Waals surface area contributed by atoms with E-state index in [1.807, 2.05) is 0 Å². The maximum Gasteiger partial charge on any atom is 0.312 e. The smallest absolute Gasteiger partial charge is 0.312 e. The van der Waals surface area contributed by atoms with E-state index in [-0.39, 0.29) is 18.0 Å². The molecule has 0 aliphatic heterocycles. The molecule has 4 fully saturated rings. The number of carbonyl (C=O) groups excluding carboxylic acids is 1. The third-order valence-electron chi connectivity index (χ3n) is 6.47.